The summed E-state index contributed by atoms with van der Waals surface area (Å²) in [7, 11) is 0. The molecule has 1 aliphatic heterocycles. The normalized spacial score (nSPS) is 23.8. The molecule has 0 unspecified atom stereocenters. The van der Waals surface area contributed by atoms with Crippen LogP contribution >= 0.6 is 0 Å². The summed E-state index contributed by atoms with van der Waals surface area (Å²) in [6.45, 7) is 22.9. The molecule has 2 heterocycles. The second-order valence-corrected chi connectivity index (χ2v) is 10.5. The molecule has 2 aliphatic rings. The van der Waals surface area contributed by atoms with Gasteiger partial charge in [-0.25, -0.2) is 9.97 Å². The number of hydrogen-bond acceptors (Lipinski definition) is 4. The topological polar surface area (TPSA) is 44.2 Å². The summed E-state index contributed by atoms with van der Waals surface area (Å²) in [5.41, 5.74) is 6.69. The van der Waals surface area contributed by atoms with Crippen LogP contribution in [0.25, 0.3) is 0 Å². The molecule has 0 amide bonds. The molecule has 1 aromatic carbocycles. The zero-order valence-electron chi connectivity index (χ0n) is 23.6. The van der Waals surface area contributed by atoms with Gasteiger partial charge in [-0.1, -0.05) is 64.2 Å². The van der Waals surface area contributed by atoms with E-state index in [9.17, 15) is 0 Å². The fourth-order valence-corrected chi connectivity index (χ4v) is 3.83. The Labute approximate surface area is 211 Å². The summed E-state index contributed by atoms with van der Waals surface area (Å²) >= 11 is 0. The molecule has 34 heavy (non-hydrogen) atoms. The molecule has 194 valence electrons. The molecular formula is C30H52N2O2. The van der Waals surface area contributed by atoms with E-state index in [2.05, 4.69) is 70.6 Å². The molecule has 0 radical (unpaired) electrons. The Hall–Kier alpha value is -1.78. The van der Waals surface area contributed by atoms with E-state index in [4.69, 9.17) is 9.47 Å². The van der Waals surface area contributed by atoms with E-state index in [0.29, 0.717) is 5.92 Å². The van der Waals surface area contributed by atoms with Crippen molar-refractivity contribution in [1.29, 1.82) is 0 Å². The lowest BCUT2D eigenvalue weighted by Gasteiger charge is -2.24. The van der Waals surface area contributed by atoms with Gasteiger partial charge in [0, 0.05) is 19.7 Å². The molecule has 0 spiro atoms. The van der Waals surface area contributed by atoms with Gasteiger partial charge < -0.3 is 9.47 Å². The molecule has 4 heteroatoms. The highest BCUT2D eigenvalue weighted by atomic mass is 16.7. The zero-order chi connectivity index (χ0) is 25.7. The van der Waals surface area contributed by atoms with Crippen molar-refractivity contribution in [3.05, 3.63) is 58.2 Å². The number of hydrogen-bond donors (Lipinski definition) is 0. The first kappa shape index (κ1) is 30.3. The predicted molar refractivity (Wildman–Crippen MR) is 146 cm³/mol. The molecule has 2 aromatic rings. The van der Waals surface area contributed by atoms with Crippen molar-refractivity contribution in [2.75, 3.05) is 13.2 Å². The Bertz CT molecular complexity index is 726. The summed E-state index contributed by atoms with van der Waals surface area (Å²) in [6, 6.07) is 4.45. The number of ether oxygens (including phenoxy) is 2. The summed E-state index contributed by atoms with van der Waals surface area (Å²) in [5.74, 6) is 3.44. The Morgan fingerprint density at radius 1 is 0.647 bits per heavy atom. The molecule has 4 nitrogen and oxygen atoms in total. The van der Waals surface area contributed by atoms with Crippen molar-refractivity contribution in [2.45, 2.75) is 101 Å². The second-order valence-electron chi connectivity index (χ2n) is 10.5. The van der Waals surface area contributed by atoms with Gasteiger partial charge in [0.25, 0.3) is 0 Å². The maximum absolute atomic E-state index is 5.17. The SMILES string of the molecule is CC1CCC(C)CC1.CC1COC(C)OC1.Cc1cc(C)c(C)c(C)c1.Cc1cnc(C)nc1.[HH]. The van der Waals surface area contributed by atoms with E-state index >= 15 is 0 Å². The third kappa shape index (κ3) is 13.2. The molecule has 1 aliphatic carbocycles. The van der Waals surface area contributed by atoms with Gasteiger partial charge in [-0.2, -0.15) is 0 Å². The van der Waals surface area contributed by atoms with Gasteiger partial charge >= 0.3 is 0 Å². The van der Waals surface area contributed by atoms with Gasteiger partial charge in [-0.15, -0.1) is 0 Å². The second kappa shape index (κ2) is 16.0. The third-order valence-corrected chi connectivity index (χ3v) is 6.52. The lowest BCUT2D eigenvalue weighted by molar-refractivity contribution is -0.187. The summed E-state index contributed by atoms with van der Waals surface area (Å²) in [6.07, 6.45) is 9.53. The molecule has 0 N–H and O–H groups in total. The first-order valence-electron chi connectivity index (χ1n) is 13.0. The number of nitrogens with zero attached hydrogens (tertiary/aromatic N) is 2. The van der Waals surface area contributed by atoms with Crippen LogP contribution in [0.1, 0.15) is 88.4 Å². The average Bonchev–Trinajstić information content (AvgIpc) is 2.79. The minimum absolute atomic E-state index is 0. The van der Waals surface area contributed by atoms with Crippen LogP contribution in [-0.2, 0) is 9.47 Å². The third-order valence-electron chi connectivity index (χ3n) is 6.52. The monoisotopic (exact) mass is 472 g/mol. The van der Waals surface area contributed by atoms with E-state index in [1.807, 2.05) is 33.2 Å². The van der Waals surface area contributed by atoms with Gasteiger partial charge in [-0.05, 0) is 82.6 Å². The van der Waals surface area contributed by atoms with Gasteiger partial charge in [0.2, 0.25) is 0 Å². The Morgan fingerprint density at radius 2 is 1.06 bits per heavy atom. The summed E-state index contributed by atoms with van der Waals surface area (Å²) in [5, 5.41) is 0. The number of aromatic nitrogens is 2. The maximum atomic E-state index is 5.17. The predicted octanol–water partition coefficient (Wildman–Crippen LogP) is 8.11. The number of benzene rings is 1. The summed E-state index contributed by atoms with van der Waals surface area (Å²) < 4.78 is 10.3. The smallest absolute Gasteiger partial charge is 0.154 e. The van der Waals surface area contributed by atoms with Gasteiger partial charge in [0.1, 0.15) is 5.82 Å². The Balaban J connectivity index is 0.000000438. The highest BCUT2D eigenvalue weighted by Crippen LogP contribution is 2.27. The van der Waals surface area contributed by atoms with Crippen LogP contribution < -0.4 is 0 Å². The number of aryl methyl sites for hydroxylation is 5. The van der Waals surface area contributed by atoms with E-state index in [0.717, 1.165) is 36.4 Å². The number of rotatable bonds is 0. The minimum atomic E-state index is 0. The fourth-order valence-electron chi connectivity index (χ4n) is 3.83. The molecule has 1 aromatic heterocycles. The first-order valence-corrected chi connectivity index (χ1v) is 13.0. The largest absolute Gasteiger partial charge is 0.353 e. The summed E-state index contributed by atoms with van der Waals surface area (Å²) in [4.78, 5) is 7.94. The van der Waals surface area contributed by atoms with Crippen LogP contribution in [0.15, 0.2) is 24.5 Å². The maximum Gasteiger partial charge on any atom is 0.154 e. The first-order chi connectivity index (χ1) is 16.0. The molecule has 2 fully saturated rings. The Morgan fingerprint density at radius 3 is 1.41 bits per heavy atom. The molecular weight excluding hydrogens is 420 g/mol. The van der Waals surface area contributed by atoms with Gasteiger partial charge in [0.15, 0.2) is 6.29 Å². The van der Waals surface area contributed by atoms with Crippen molar-refractivity contribution in [2.24, 2.45) is 17.8 Å². The quantitative estimate of drug-likeness (QED) is 0.388. The van der Waals surface area contributed by atoms with Crippen LogP contribution in [0, 0.1) is 59.3 Å². The van der Waals surface area contributed by atoms with Crippen molar-refractivity contribution < 1.29 is 10.9 Å². The van der Waals surface area contributed by atoms with Crippen molar-refractivity contribution in [1.82, 2.24) is 9.97 Å². The lowest BCUT2D eigenvalue weighted by Crippen LogP contribution is -2.27. The fraction of sp³-hybridized carbons (Fsp3) is 0.667. The average molecular weight is 473 g/mol. The molecule has 0 atom stereocenters. The molecule has 1 saturated heterocycles. The molecule has 1 saturated carbocycles. The van der Waals surface area contributed by atoms with Gasteiger partial charge in [-0.3, -0.25) is 0 Å². The van der Waals surface area contributed by atoms with Crippen molar-refractivity contribution in [3.63, 3.8) is 0 Å². The van der Waals surface area contributed by atoms with E-state index < -0.39 is 0 Å². The molecule has 0 bridgehead atoms. The highest BCUT2D eigenvalue weighted by molar-refractivity contribution is 5.36. The van der Waals surface area contributed by atoms with Crippen molar-refractivity contribution >= 4 is 0 Å². The van der Waals surface area contributed by atoms with Crippen LogP contribution in [0.5, 0.6) is 0 Å². The molecule has 4 rings (SSSR count). The van der Waals surface area contributed by atoms with Crippen LogP contribution in [-0.4, -0.2) is 29.5 Å². The van der Waals surface area contributed by atoms with E-state index in [-0.39, 0.29) is 7.72 Å². The van der Waals surface area contributed by atoms with Crippen LogP contribution in [0.4, 0.5) is 0 Å². The van der Waals surface area contributed by atoms with Crippen LogP contribution in [0.2, 0.25) is 0 Å². The Kier molecular flexibility index (Phi) is 14.2. The van der Waals surface area contributed by atoms with E-state index in [1.54, 1.807) is 0 Å². The zero-order valence-corrected chi connectivity index (χ0v) is 23.6. The van der Waals surface area contributed by atoms with E-state index in [1.165, 1.54) is 47.9 Å². The van der Waals surface area contributed by atoms with Gasteiger partial charge in [0.05, 0.1) is 13.2 Å². The highest BCUT2D eigenvalue weighted by Gasteiger charge is 2.14. The van der Waals surface area contributed by atoms with Crippen molar-refractivity contribution in [3.8, 4) is 0 Å². The standard InChI is InChI=1S/C10H14.C8H16.C6H8N2.C6H12O2.H2/c1-7-5-8(2)10(4)9(3)6-7;1-7-3-5-8(2)6-4-7;2*1-5-3-7-6(2)8-4-5;/h5-6H,1-4H3;7-8H,3-6H2,1-2H3;3-4H,1-2H3;5-6H,3-4H2,1-2H3;1H. The van der Waals surface area contributed by atoms with Crippen LogP contribution in [0.3, 0.4) is 0 Å². The lowest BCUT2D eigenvalue weighted by atomic mass is 9.84. The minimum Gasteiger partial charge on any atom is -0.353 e.